The third-order valence-corrected chi connectivity index (χ3v) is 5.06. The maximum Gasteiger partial charge on any atom is 0.338 e. The summed E-state index contributed by atoms with van der Waals surface area (Å²) in [5.41, 5.74) is 1.63. The van der Waals surface area contributed by atoms with Gasteiger partial charge in [-0.05, 0) is 46.3 Å². The fourth-order valence-electron chi connectivity index (χ4n) is 2.24. The molecule has 9 heteroatoms. The molecule has 0 saturated heterocycles. The Morgan fingerprint density at radius 2 is 1.96 bits per heavy atom. The highest BCUT2D eigenvalue weighted by atomic mass is 79.9. The van der Waals surface area contributed by atoms with E-state index in [2.05, 4.69) is 21.2 Å². The lowest BCUT2D eigenvalue weighted by atomic mass is 10.1. The zero-order valence-corrected chi connectivity index (χ0v) is 14.5. The lowest BCUT2D eigenvalue weighted by molar-refractivity contribution is 0.0535. The Kier molecular flexibility index (Phi) is 4.16. The van der Waals surface area contributed by atoms with Crippen LogP contribution in [0, 0.1) is 0 Å². The quantitative estimate of drug-likeness (QED) is 0.750. The van der Waals surface area contributed by atoms with Crippen molar-refractivity contribution in [2.24, 2.45) is 5.14 Å². The Balaban J connectivity index is 1.91. The molecule has 2 aromatic rings. The molecule has 1 aliphatic rings. The second-order valence-corrected chi connectivity index (χ2v) is 7.50. The number of carbonyl (C=O) groups excluding carboxylic acids is 2. The first-order valence-electron chi connectivity index (χ1n) is 6.69. The number of esters is 1. The van der Waals surface area contributed by atoms with Gasteiger partial charge < -0.3 is 10.1 Å². The molecule has 0 saturated carbocycles. The number of hydrogen-bond acceptors (Lipinski definition) is 5. The predicted octanol–water partition coefficient (Wildman–Crippen LogP) is 2.02. The number of sulfonamides is 1. The number of hydrogen-bond donors (Lipinski definition) is 2. The fraction of sp³-hybridized carbons (Fsp3) is 0.0667. The molecule has 1 heterocycles. The van der Waals surface area contributed by atoms with Crippen LogP contribution in [-0.4, -0.2) is 20.3 Å². The van der Waals surface area contributed by atoms with Crippen LogP contribution in [0.15, 0.2) is 45.8 Å². The monoisotopic (exact) mass is 410 g/mol. The number of nitrogens with two attached hydrogens (primary N) is 1. The average Bonchev–Trinajstić information content (AvgIpc) is 2.87. The Labute approximate surface area is 146 Å². The molecule has 2 aromatic carbocycles. The van der Waals surface area contributed by atoms with Crippen molar-refractivity contribution < 1.29 is 22.7 Å². The van der Waals surface area contributed by atoms with Crippen LogP contribution in [0.1, 0.15) is 26.3 Å². The predicted molar refractivity (Wildman–Crippen MR) is 89.0 cm³/mol. The first-order valence-corrected chi connectivity index (χ1v) is 9.03. The highest BCUT2D eigenvalue weighted by Gasteiger charge is 2.22. The molecule has 0 bridgehead atoms. The van der Waals surface area contributed by atoms with E-state index in [1.165, 1.54) is 24.3 Å². The van der Waals surface area contributed by atoms with Gasteiger partial charge in [0.15, 0.2) is 0 Å². The van der Waals surface area contributed by atoms with Crippen LogP contribution < -0.4 is 10.5 Å². The van der Waals surface area contributed by atoms with Gasteiger partial charge in [0, 0.05) is 15.7 Å². The van der Waals surface area contributed by atoms with E-state index < -0.39 is 21.9 Å². The first kappa shape index (κ1) is 16.6. The number of benzene rings is 2. The number of carbonyl (C=O) groups is 2. The van der Waals surface area contributed by atoms with Gasteiger partial charge in [0.1, 0.15) is 6.61 Å². The van der Waals surface area contributed by atoms with Gasteiger partial charge in [0.2, 0.25) is 10.0 Å². The van der Waals surface area contributed by atoms with E-state index in [0.717, 1.165) is 5.56 Å². The molecule has 1 aliphatic heterocycles. The van der Waals surface area contributed by atoms with Crippen molar-refractivity contribution in [2.75, 3.05) is 5.32 Å². The minimum absolute atomic E-state index is 0.101. The van der Waals surface area contributed by atoms with Crippen molar-refractivity contribution in [3.63, 3.8) is 0 Å². The second-order valence-electron chi connectivity index (χ2n) is 5.09. The van der Waals surface area contributed by atoms with Crippen molar-refractivity contribution in [2.45, 2.75) is 11.5 Å². The second kappa shape index (κ2) is 6.00. The molecule has 0 radical (unpaired) electrons. The molecule has 3 rings (SSSR count). The molecule has 7 nitrogen and oxygen atoms in total. The molecular weight excluding hydrogens is 400 g/mol. The number of cyclic esters (lactones) is 1. The third-order valence-electron chi connectivity index (χ3n) is 3.46. The van der Waals surface area contributed by atoms with Crippen LogP contribution in [0.25, 0.3) is 0 Å². The Hall–Kier alpha value is -2.23. The Morgan fingerprint density at radius 1 is 1.21 bits per heavy atom. The zero-order chi connectivity index (χ0) is 17.5. The summed E-state index contributed by atoms with van der Waals surface area (Å²) in [7, 11) is -3.93. The molecule has 0 aliphatic carbocycles. The number of amides is 1. The molecule has 124 valence electrons. The number of nitrogens with one attached hydrogen (secondary N) is 1. The zero-order valence-electron chi connectivity index (χ0n) is 12.1. The van der Waals surface area contributed by atoms with Gasteiger partial charge in [-0.1, -0.05) is 6.07 Å². The van der Waals surface area contributed by atoms with Crippen molar-refractivity contribution >= 4 is 43.5 Å². The van der Waals surface area contributed by atoms with E-state index in [-0.39, 0.29) is 17.1 Å². The standard InChI is InChI=1S/C15H11BrN2O5S/c16-13-4-3-10(24(17,21)22)6-12(13)14(19)18-9-2-1-8-7-23-15(20)11(8)5-9/h1-6H,7H2,(H,18,19)(H2,17,21,22). The Morgan fingerprint density at radius 3 is 2.67 bits per heavy atom. The van der Waals surface area contributed by atoms with E-state index in [1.807, 2.05) is 0 Å². The number of primary sulfonamides is 1. The highest BCUT2D eigenvalue weighted by Crippen LogP contribution is 2.25. The number of ether oxygens (including phenoxy) is 1. The fourth-order valence-corrected chi connectivity index (χ4v) is 3.21. The van der Waals surface area contributed by atoms with Crippen molar-refractivity contribution in [1.29, 1.82) is 0 Å². The minimum Gasteiger partial charge on any atom is -0.457 e. The third kappa shape index (κ3) is 3.18. The van der Waals surface area contributed by atoms with Gasteiger partial charge in [0.05, 0.1) is 16.0 Å². The SMILES string of the molecule is NS(=O)(=O)c1ccc(Br)c(C(=O)Nc2ccc3c(c2)C(=O)OC3)c1. The molecule has 0 unspecified atom stereocenters. The number of rotatable bonds is 3. The van der Waals surface area contributed by atoms with Crippen molar-refractivity contribution in [1.82, 2.24) is 0 Å². The van der Waals surface area contributed by atoms with E-state index >= 15 is 0 Å². The topological polar surface area (TPSA) is 116 Å². The molecule has 3 N–H and O–H groups in total. The normalized spacial score (nSPS) is 13.3. The van der Waals surface area contributed by atoms with Crippen LogP contribution in [0.2, 0.25) is 0 Å². The maximum absolute atomic E-state index is 12.4. The molecule has 0 fully saturated rings. The van der Waals surface area contributed by atoms with Crippen molar-refractivity contribution in [3.8, 4) is 0 Å². The molecule has 24 heavy (non-hydrogen) atoms. The van der Waals surface area contributed by atoms with Crippen LogP contribution in [0.4, 0.5) is 5.69 Å². The lowest BCUT2D eigenvalue weighted by Crippen LogP contribution is -2.16. The summed E-state index contributed by atoms with van der Waals surface area (Å²) in [5, 5.41) is 7.69. The highest BCUT2D eigenvalue weighted by molar-refractivity contribution is 9.10. The molecular formula is C15H11BrN2O5S. The summed E-state index contributed by atoms with van der Waals surface area (Å²) in [6, 6.07) is 8.73. The van der Waals surface area contributed by atoms with Gasteiger partial charge in [-0.3, -0.25) is 4.79 Å². The largest absolute Gasteiger partial charge is 0.457 e. The number of halogens is 1. The number of anilines is 1. The van der Waals surface area contributed by atoms with E-state index in [9.17, 15) is 18.0 Å². The average molecular weight is 411 g/mol. The van der Waals surface area contributed by atoms with Crippen LogP contribution in [0.5, 0.6) is 0 Å². The van der Waals surface area contributed by atoms with Gasteiger partial charge in [-0.25, -0.2) is 18.4 Å². The lowest BCUT2D eigenvalue weighted by Gasteiger charge is -2.09. The van der Waals surface area contributed by atoms with E-state index in [1.54, 1.807) is 12.1 Å². The summed E-state index contributed by atoms with van der Waals surface area (Å²) < 4.78 is 28.2. The molecule has 0 aromatic heterocycles. The van der Waals surface area contributed by atoms with E-state index in [4.69, 9.17) is 9.88 Å². The smallest absolute Gasteiger partial charge is 0.338 e. The summed E-state index contributed by atoms with van der Waals surface area (Å²) in [6.45, 7) is 0.213. The summed E-state index contributed by atoms with van der Waals surface area (Å²) in [6.07, 6.45) is 0. The van der Waals surface area contributed by atoms with Crippen LogP contribution in [-0.2, 0) is 21.4 Å². The summed E-state index contributed by atoms with van der Waals surface area (Å²) >= 11 is 3.20. The Bertz CT molecular complexity index is 972. The number of fused-ring (bicyclic) bond motifs is 1. The minimum atomic E-state index is -3.93. The van der Waals surface area contributed by atoms with Gasteiger partial charge >= 0.3 is 5.97 Å². The van der Waals surface area contributed by atoms with Crippen molar-refractivity contribution in [3.05, 3.63) is 57.6 Å². The summed E-state index contributed by atoms with van der Waals surface area (Å²) in [4.78, 5) is 23.8. The molecule has 0 spiro atoms. The van der Waals surface area contributed by atoms with Gasteiger partial charge in [0.25, 0.3) is 5.91 Å². The van der Waals surface area contributed by atoms with Gasteiger partial charge in [-0.15, -0.1) is 0 Å². The first-order chi connectivity index (χ1) is 11.3. The maximum atomic E-state index is 12.4. The molecule has 1 amide bonds. The van der Waals surface area contributed by atoms with Gasteiger partial charge in [-0.2, -0.15) is 0 Å². The van der Waals surface area contributed by atoms with E-state index in [0.29, 0.717) is 15.7 Å². The van der Waals surface area contributed by atoms with Crippen LogP contribution >= 0.6 is 15.9 Å². The summed E-state index contributed by atoms with van der Waals surface area (Å²) in [5.74, 6) is -0.989. The van der Waals surface area contributed by atoms with Crippen LogP contribution in [0.3, 0.4) is 0 Å². The molecule has 0 atom stereocenters.